The van der Waals surface area contributed by atoms with E-state index in [4.69, 9.17) is 10.5 Å². The van der Waals surface area contributed by atoms with Crippen molar-refractivity contribution in [3.05, 3.63) is 41.2 Å². The Balaban J connectivity index is 1.77. The monoisotopic (exact) mass is 478 g/mol. The van der Waals surface area contributed by atoms with Crippen molar-refractivity contribution >= 4 is 17.6 Å². The number of carbonyl (C=O) groups is 2. The van der Waals surface area contributed by atoms with E-state index < -0.39 is 63.6 Å². The molecule has 1 aromatic carbocycles. The van der Waals surface area contributed by atoms with Gasteiger partial charge in [0.1, 0.15) is 11.4 Å². The van der Waals surface area contributed by atoms with Crippen molar-refractivity contribution in [2.45, 2.75) is 51.3 Å². The lowest BCUT2D eigenvalue weighted by Crippen LogP contribution is -2.43. The molecule has 0 aromatic heterocycles. The third-order valence-corrected chi connectivity index (χ3v) is 5.98. The van der Waals surface area contributed by atoms with Gasteiger partial charge in [-0.15, -0.1) is 0 Å². The molecule has 1 aliphatic carbocycles. The molecule has 1 saturated heterocycles. The second-order valence-electron chi connectivity index (χ2n) is 9.37. The number of hydrogen-bond acceptors (Lipinski definition) is 4. The molecule has 2 aliphatic rings. The number of ether oxygens (including phenoxy) is 1. The van der Waals surface area contributed by atoms with Crippen LogP contribution in [-0.4, -0.2) is 41.4 Å². The van der Waals surface area contributed by atoms with Crippen molar-refractivity contribution in [3.8, 4) is 0 Å². The Morgan fingerprint density at radius 3 is 2.24 bits per heavy atom. The minimum atomic E-state index is -4.96. The van der Waals surface area contributed by atoms with E-state index in [-0.39, 0.29) is 32.0 Å². The van der Waals surface area contributed by atoms with Crippen LogP contribution in [-0.2, 0) is 15.7 Å². The number of hydrogen-bond donors (Lipinski definition) is 1. The highest BCUT2D eigenvalue weighted by molar-refractivity contribution is 6.01. The first-order valence-corrected chi connectivity index (χ1v) is 10.2. The van der Waals surface area contributed by atoms with E-state index in [1.54, 1.807) is 20.8 Å². The molecule has 3 rings (SSSR count). The van der Waals surface area contributed by atoms with Gasteiger partial charge in [0.05, 0.1) is 16.9 Å². The normalized spacial score (nSPS) is 22.3. The number of nitrogens with zero attached hydrogens (tertiary/aromatic N) is 1. The zero-order valence-electron chi connectivity index (χ0n) is 18.2. The highest BCUT2D eigenvalue weighted by atomic mass is 19.4. The molecule has 182 valence electrons. The Morgan fingerprint density at radius 1 is 1.15 bits per heavy atom. The highest BCUT2D eigenvalue weighted by Gasteiger charge is 2.82. The van der Waals surface area contributed by atoms with Crippen molar-refractivity contribution in [1.82, 2.24) is 4.90 Å². The van der Waals surface area contributed by atoms with E-state index in [0.717, 1.165) is 12.1 Å². The number of rotatable bonds is 3. The van der Waals surface area contributed by atoms with E-state index in [0.29, 0.717) is 6.08 Å². The van der Waals surface area contributed by atoms with Gasteiger partial charge >= 0.3 is 12.3 Å². The van der Waals surface area contributed by atoms with Crippen molar-refractivity contribution in [2.24, 2.45) is 17.1 Å². The number of halogens is 6. The molecule has 5 nitrogen and oxygen atoms in total. The first-order valence-electron chi connectivity index (χ1n) is 10.2. The van der Waals surface area contributed by atoms with Crippen LogP contribution in [0.1, 0.15) is 44.7 Å². The van der Waals surface area contributed by atoms with Gasteiger partial charge in [-0.3, -0.25) is 4.79 Å². The summed E-state index contributed by atoms with van der Waals surface area (Å²) in [5.41, 5.74) is 0.417. The van der Waals surface area contributed by atoms with Crippen LogP contribution in [0.2, 0.25) is 0 Å². The predicted octanol–water partition coefficient (Wildman–Crippen LogP) is 5.00. The van der Waals surface area contributed by atoms with E-state index in [1.165, 1.54) is 4.90 Å². The first-order chi connectivity index (χ1) is 15.0. The summed E-state index contributed by atoms with van der Waals surface area (Å²) in [5.74, 6) is -7.43. The fourth-order valence-electron chi connectivity index (χ4n) is 4.31. The number of ketones is 1. The van der Waals surface area contributed by atoms with Crippen molar-refractivity contribution in [1.29, 1.82) is 0 Å². The fraction of sp³-hybridized carbons (Fsp3) is 0.545. The molecule has 2 N–H and O–H groups in total. The molecule has 33 heavy (non-hydrogen) atoms. The number of alkyl halides is 5. The molecule has 0 radical (unpaired) electrons. The number of benzene rings is 1. The van der Waals surface area contributed by atoms with Crippen LogP contribution in [0.4, 0.5) is 31.1 Å². The van der Waals surface area contributed by atoms with Crippen LogP contribution < -0.4 is 5.73 Å². The van der Waals surface area contributed by atoms with E-state index in [1.807, 2.05) is 0 Å². The zero-order chi connectivity index (χ0) is 25.0. The van der Waals surface area contributed by atoms with Crippen LogP contribution >= 0.6 is 0 Å². The molecule has 1 unspecified atom stereocenters. The number of piperidine rings is 1. The second kappa shape index (κ2) is 7.95. The maximum atomic E-state index is 14.7. The smallest absolute Gasteiger partial charge is 0.417 e. The minimum Gasteiger partial charge on any atom is -0.444 e. The lowest BCUT2D eigenvalue weighted by atomic mass is 9.89. The zero-order valence-corrected chi connectivity index (χ0v) is 18.2. The van der Waals surface area contributed by atoms with Crippen LogP contribution in [0.5, 0.6) is 0 Å². The highest BCUT2D eigenvalue weighted by Crippen LogP contribution is 2.71. The molecule has 2 fully saturated rings. The van der Waals surface area contributed by atoms with Crippen LogP contribution in [0.3, 0.4) is 0 Å². The molecule has 1 heterocycles. The second-order valence-corrected chi connectivity index (χ2v) is 9.37. The van der Waals surface area contributed by atoms with Gasteiger partial charge in [-0.25, -0.2) is 18.0 Å². The lowest BCUT2D eigenvalue weighted by Gasteiger charge is -2.33. The van der Waals surface area contributed by atoms with Gasteiger partial charge in [0.15, 0.2) is 5.78 Å². The first kappa shape index (κ1) is 24.9. The number of amides is 1. The quantitative estimate of drug-likeness (QED) is 0.491. The summed E-state index contributed by atoms with van der Waals surface area (Å²) in [6, 6.07) is 1.70. The van der Waals surface area contributed by atoms with Gasteiger partial charge in [-0.2, -0.15) is 13.2 Å². The maximum Gasteiger partial charge on any atom is 0.417 e. The predicted molar refractivity (Wildman–Crippen MR) is 106 cm³/mol. The topological polar surface area (TPSA) is 72.6 Å². The number of likely N-dealkylation sites (tertiary alicyclic amines) is 1. The van der Waals surface area contributed by atoms with Crippen LogP contribution in [0, 0.1) is 17.2 Å². The molecule has 1 atom stereocenters. The average Bonchev–Trinajstić information content (AvgIpc) is 3.13. The molecule has 11 heteroatoms. The maximum absolute atomic E-state index is 14.7. The Hall–Kier alpha value is -2.72. The Bertz CT molecular complexity index is 989. The van der Waals surface area contributed by atoms with Gasteiger partial charge in [0.25, 0.3) is 5.92 Å². The SMILES string of the molecule is CC(C)(C)OC(=O)N1CCC2(CC1)C(C(=O)C=C(N)c1ccc(F)cc1C(F)(F)F)C2(F)F. The summed E-state index contributed by atoms with van der Waals surface area (Å²) in [6.07, 6.45) is -5.40. The minimum absolute atomic E-state index is 0.0519. The van der Waals surface area contributed by atoms with Gasteiger partial charge in [0, 0.05) is 30.4 Å². The molecule has 1 aromatic rings. The number of nitrogens with two attached hydrogens (primary N) is 1. The Kier molecular flexibility index (Phi) is 6.00. The summed E-state index contributed by atoms with van der Waals surface area (Å²) >= 11 is 0. The third-order valence-electron chi connectivity index (χ3n) is 5.98. The molecule has 0 bridgehead atoms. The molecule has 1 spiro atoms. The van der Waals surface area contributed by atoms with Gasteiger partial charge in [-0.1, -0.05) is 0 Å². The Morgan fingerprint density at radius 2 is 1.73 bits per heavy atom. The molecule has 1 saturated carbocycles. The molecular formula is C22H24F6N2O3. The summed E-state index contributed by atoms with van der Waals surface area (Å²) in [7, 11) is 0. The van der Waals surface area contributed by atoms with Gasteiger partial charge in [-0.05, 0) is 51.8 Å². The third kappa shape index (κ3) is 4.67. The average molecular weight is 478 g/mol. The van der Waals surface area contributed by atoms with Gasteiger partial charge in [0.2, 0.25) is 0 Å². The summed E-state index contributed by atoms with van der Waals surface area (Å²) in [4.78, 5) is 26.1. The Labute approximate surface area is 186 Å². The van der Waals surface area contributed by atoms with Crippen molar-refractivity contribution < 1.29 is 40.7 Å². The van der Waals surface area contributed by atoms with E-state index in [2.05, 4.69) is 0 Å². The summed E-state index contributed by atoms with van der Waals surface area (Å²) < 4.78 is 87.6. The lowest BCUT2D eigenvalue weighted by molar-refractivity contribution is -0.138. The standard InChI is InChI=1S/C22H24F6N2O3/c1-19(2,3)33-18(32)30-8-6-20(7-9-30)17(21(20,24)25)16(31)11-15(29)13-5-4-12(23)10-14(13)22(26,27)28/h4-5,10-11,17H,6-9,29H2,1-3H3. The van der Waals surface area contributed by atoms with Crippen LogP contribution in [0.25, 0.3) is 5.70 Å². The van der Waals surface area contributed by atoms with Gasteiger partial charge < -0.3 is 15.4 Å². The largest absolute Gasteiger partial charge is 0.444 e. The van der Waals surface area contributed by atoms with Crippen molar-refractivity contribution in [2.75, 3.05) is 13.1 Å². The van der Waals surface area contributed by atoms with Crippen molar-refractivity contribution in [3.63, 3.8) is 0 Å². The number of allylic oxidation sites excluding steroid dienone is 1. The van der Waals surface area contributed by atoms with Crippen LogP contribution in [0.15, 0.2) is 24.3 Å². The number of carbonyl (C=O) groups excluding carboxylic acids is 2. The molecular weight excluding hydrogens is 454 g/mol. The van der Waals surface area contributed by atoms with E-state index in [9.17, 15) is 35.9 Å². The molecule has 1 amide bonds. The molecule has 1 aliphatic heterocycles. The summed E-state index contributed by atoms with van der Waals surface area (Å²) in [5, 5.41) is 0. The summed E-state index contributed by atoms with van der Waals surface area (Å²) in [6.45, 7) is 4.90. The van der Waals surface area contributed by atoms with E-state index >= 15 is 0 Å². The fourth-order valence-corrected chi connectivity index (χ4v) is 4.31.